The smallest absolute Gasteiger partial charge is 0.388 e. The number of rotatable bonds is 65. The summed E-state index contributed by atoms with van der Waals surface area (Å²) in [5, 5.41) is 0. The Bertz CT molecular complexity index is 1030. The zero-order valence-corrected chi connectivity index (χ0v) is 52.3. The van der Waals surface area contributed by atoms with E-state index in [0.29, 0.717) is 6.42 Å². The van der Waals surface area contributed by atoms with Crippen LogP contribution in [-0.4, -0.2) is 23.9 Å². The third-order valence-electron chi connectivity index (χ3n) is 16.3. The molecule has 0 aliphatic carbocycles. The van der Waals surface area contributed by atoms with Crippen LogP contribution < -0.4 is 0 Å². The molecule has 0 fully saturated rings. The van der Waals surface area contributed by atoms with Crippen LogP contribution in [0.4, 0.5) is 0 Å². The second kappa shape index (κ2) is 62.6. The van der Waals surface area contributed by atoms with Gasteiger partial charge in [0, 0.05) is 19.3 Å². The molecule has 0 rings (SSSR count). The maximum Gasteiger partial charge on any atom is 0.423 e. The molecule has 0 aromatic heterocycles. The minimum absolute atomic E-state index is 0.147. The van der Waals surface area contributed by atoms with Gasteiger partial charge in [-0.25, -0.2) is 0 Å². The predicted octanol–water partition coefficient (Wildman–Crippen LogP) is 24.5. The first-order chi connectivity index (χ1) is 37.4. The Balaban J connectivity index is 4.59. The highest BCUT2D eigenvalue weighted by Gasteiger charge is 2.42. The van der Waals surface area contributed by atoms with Crippen molar-refractivity contribution in [3.63, 3.8) is 0 Å². The fourth-order valence-corrected chi connectivity index (χ4v) is 11.2. The highest BCUT2D eigenvalue weighted by atomic mass is 16.9. The molecule has 0 aromatic rings. The second-order valence-electron chi connectivity index (χ2n) is 24.2. The van der Waals surface area contributed by atoms with Crippen LogP contribution in [-0.2, 0) is 28.6 Å². The Morgan fingerprint density at radius 1 is 0.197 bits per heavy atom. The van der Waals surface area contributed by atoms with Crippen LogP contribution in [0.15, 0.2) is 0 Å². The Kier molecular flexibility index (Phi) is 61.3. The van der Waals surface area contributed by atoms with Crippen molar-refractivity contribution in [3.8, 4) is 0 Å². The quantitative estimate of drug-likeness (QED) is 0.0343. The summed E-state index contributed by atoms with van der Waals surface area (Å²) >= 11 is 0. The van der Waals surface area contributed by atoms with E-state index in [9.17, 15) is 14.4 Å². The van der Waals surface area contributed by atoms with E-state index in [2.05, 4.69) is 20.8 Å². The van der Waals surface area contributed by atoms with Crippen molar-refractivity contribution in [2.24, 2.45) is 0 Å². The molecule has 0 aliphatic heterocycles. The third-order valence-corrected chi connectivity index (χ3v) is 16.3. The molecule has 0 amide bonds. The van der Waals surface area contributed by atoms with Crippen LogP contribution in [0.5, 0.6) is 0 Å². The molecule has 0 aromatic carbocycles. The first-order valence-electron chi connectivity index (χ1n) is 35.1. The van der Waals surface area contributed by atoms with Crippen molar-refractivity contribution in [2.45, 2.75) is 432 Å². The minimum Gasteiger partial charge on any atom is -0.388 e. The minimum atomic E-state index is -1.98. The molecule has 0 heterocycles. The highest BCUT2D eigenvalue weighted by molar-refractivity contribution is 5.74. The molecular weight excluding hydrogens is 937 g/mol. The summed E-state index contributed by atoms with van der Waals surface area (Å²) in [7, 11) is 0. The Morgan fingerprint density at radius 3 is 0.461 bits per heavy atom. The Labute approximate surface area is 476 Å². The molecule has 0 aliphatic rings. The van der Waals surface area contributed by atoms with Gasteiger partial charge in [-0.2, -0.15) is 0 Å². The van der Waals surface area contributed by atoms with E-state index in [4.69, 9.17) is 14.2 Å². The van der Waals surface area contributed by atoms with Gasteiger partial charge < -0.3 is 14.2 Å². The number of carbonyl (C=O) groups is 3. The summed E-state index contributed by atoms with van der Waals surface area (Å²) in [6.07, 6.45) is 75.4. The number of esters is 3. The predicted molar refractivity (Wildman–Crippen MR) is 330 cm³/mol. The van der Waals surface area contributed by atoms with E-state index >= 15 is 0 Å². The first-order valence-corrected chi connectivity index (χ1v) is 35.1. The third kappa shape index (κ3) is 57.1. The lowest BCUT2D eigenvalue weighted by atomic mass is 10.0. The fraction of sp³-hybridized carbons (Fsp3) is 0.957. The van der Waals surface area contributed by atoms with Crippen molar-refractivity contribution in [2.75, 3.05) is 0 Å². The topological polar surface area (TPSA) is 78.9 Å². The van der Waals surface area contributed by atoms with E-state index in [1.807, 2.05) is 6.92 Å². The number of unbranched alkanes of at least 4 members (excludes halogenated alkanes) is 54. The highest BCUT2D eigenvalue weighted by Crippen LogP contribution is 2.27. The summed E-state index contributed by atoms with van der Waals surface area (Å²) in [6.45, 7) is 8.81. The average Bonchev–Trinajstić information content (AvgIpc) is 3.40. The number of hydrogen-bond acceptors (Lipinski definition) is 6. The van der Waals surface area contributed by atoms with E-state index in [-0.39, 0.29) is 25.7 Å². The molecule has 0 saturated heterocycles. The lowest BCUT2D eigenvalue weighted by Crippen LogP contribution is -2.44. The first kappa shape index (κ1) is 74.4. The van der Waals surface area contributed by atoms with Gasteiger partial charge in [-0.15, -0.1) is 0 Å². The molecular formula is C70H136O6. The zero-order valence-electron chi connectivity index (χ0n) is 52.3. The van der Waals surface area contributed by atoms with Gasteiger partial charge in [-0.1, -0.05) is 374 Å². The zero-order chi connectivity index (χ0) is 55.2. The molecule has 0 spiro atoms. The van der Waals surface area contributed by atoms with Crippen molar-refractivity contribution in [3.05, 3.63) is 0 Å². The number of hydrogen-bond donors (Lipinski definition) is 0. The number of carbonyl (C=O) groups excluding carboxylic acids is 3. The van der Waals surface area contributed by atoms with Crippen LogP contribution in [0.25, 0.3) is 0 Å². The van der Waals surface area contributed by atoms with Gasteiger partial charge in [0.25, 0.3) is 0 Å². The summed E-state index contributed by atoms with van der Waals surface area (Å²) in [6, 6.07) is 0. The molecule has 0 radical (unpaired) electrons. The van der Waals surface area contributed by atoms with Crippen LogP contribution in [0.3, 0.4) is 0 Å². The van der Waals surface area contributed by atoms with Crippen molar-refractivity contribution in [1.82, 2.24) is 0 Å². The lowest BCUT2D eigenvalue weighted by molar-refractivity contribution is -0.333. The molecule has 6 heteroatoms. The van der Waals surface area contributed by atoms with Gasteiger partial charge in [0.2, 0.25) is 0 Å². The summed E-state index contributed by atoms with van der Waals surface area (Å²) < 4.78 is 17.8. The molecule has 0 saturated carbocycles. The monoisotopic (exact) mass is 1070 g/mol. The van der Waals surface area contributed by atoms with Gasteiger partial charge in [-0.05, 0) is 25.7 Å². The summed E-state index contributed by atoms with van der Waals surface area (Å²) in [5.41, 5.74) is 0. The van der Waals surface area contributed by atoms with Gasteiger partial charge >= 0.3 is 23.9 Å². The maximum atomic E-state index is 13.4. The van der Waals surface area contributed by atoms with Crippen molar-refractivity contribution < 1.29 is 28.6 Å². The van der Waals surface area contributed by atoms with Crippen LogP contribution in [0, 0.1) is 0 Å². The van der Waals surface area contributed by atoms with Crippen molar-refractivity contribution in [1.29, 1.82) is 0 Å². The van der Waals surface area contributed by atoms with Crippen molar-refractivity contribution >= 4 is 17.9 Å². The largest absolute Gasteiger partial charge is 0.423 e. The normalized spacial score (nSPS) is 11.7. The lowest BCUT2D eigenvalue weighted by Gasteiger charge is -2.31. The van der Waals surface area contributed by atoms with E-state index < -0.39 is 23.9 Å². The molecule has 0 N–H and O–H groups in total. The van der Waals surface area contributed by atoms with E-state index in [1.54, 1.807) is 0 Å². The number of ether oxygens (including phenoxy) is 3. The van der Waals surface area contributed by atoms with Gasteiger partial charge in [0.15, 0.2) is 0 Å². The summed E-state index contributed by atoms with van der Waals surface area (Å²) in [4.78, 5) is 40.1. The van der Waals surface area contributed by atoms with Gasteiger partial charge in [0.05, 0.1) is 6.42 Å². The van der Waals surface area contributed by atoms with E-state index in [0.717, 1.165) is 57.8 Å². The second-order valence-corrected chi connectivity index (χ2v) is 24.2. The average molecular weight is 1070 g/mol. The van der Waals surface area contributed by atoms with E-state index in [1.165, 1.54) is 308 Å². The standard InChI is InChI=1S/C70H136O6/c1-5-9-12-15-18-21-24-27-30-33-36-39-42-45-48-51-54-57-60-63-67(71)74-70(66-8-4,75-68(72)64-61-58-55-52-49-46-43-40-37-34-31-28-25-22-19-16-13-10-6-2)76-69(73)65-62-59-56-53-50-47-44-41-38-35-32-29-26-23-20-17-14-11-7-3/h5-66H2,1-4H3. The SMILES string of the molecule is CCCCCCCCCCCCCCCCCCCCCC(=O)OC(CCC)(OC(=O)CCCCCCCCCCCCCCCCCCCCC)OC(=O)CCCCCCCCCCCCCCCCCCCCC. The van der Waals surface area contributed by atoms with Crippen LogP contribution in [0.1, 0.15) is 426 Å². The Morgan fingerprint density at radius 2 is 0.329 bits per heavy atom. The van der Waals surface area contributed by atoms with Gasteiger partial charge in [-0.3, -0.25) is 14.4 Å². The molecule has 0 unspecified atom stereocenters. The maximum absolute atomic E-state index is 13.4. The molecule has 0 bridgehead atoms. The fourth-order valence-electron chi connectivity index (χ4n) is 11.2. The van der Waals surface area contributed by atoms with Crippen LogP contribution in [0.2, 0.25) is 0 Å². The molecule has 0 atom stereocenters. The summed E-state index contributed by atoms with van der Waals surface area (Å²) in [5.74, 6) is -3.33. The van der Waals surface area contributed by atoms with Crippen LogP contribution >= 0.6 is 0 Å². The molecule has 6 nitrogen and oxygen atoms in total. The van der Waals surface area contributed by atoms with Gasteiger partial charge in [0.1, 0.15) is 0 Å². The molecule has 452 valence electrons. The Hall–Kier alpha value is -1.59. The molecule has 76 heavy (non-hydrogen) atoms.